The van der Waals surface area contributed by atoms with E-state index in [2.05, 4.69) is 0 Å². The number of hydrogen-bond acceptors (Lipinski definition) is 3. The third-order valence-corrected chi connectivity index (χ3v) is 2.02. The van der Waals surface area contributed by atoms with Crippen molar-refractivity contribution in [3.63, 3.8) is 0 Å². The van der Waals surface area contributed by atoms with Crippen LogP contribution < -0.4 is 0 Å². The number of thioether (sulfide) groups is 1. The number of rotatable bonds is 0. The maximum absolute atomic E-state index is 7.15. The number of nitrogens with one attached hydrogen (secondary N) is 2. The summed E-state index contributed by atoms with van der Waals surface area (Å²) in [6, 6.07) is 0. The van der Waals surface area contributed by atoms with Crippen LogP contribution in [0.5, 0.6) is 0 Å². The van der Waals surface area contributed by atoms with Gasteiger partial charge in [-0.3, -0.25) is 10.8 Å². The lowest BCUT2D eigenvalue weighted by Gasteiger charge is -2.06. The third kappa shape index (κ3) is 0.709. The van der Waals surface area contributed by atoms with Crippen molar-refractivity contribution in [3.8, 4) is 0 Å². The minimum Gasteiger partial charge on any atom is -0.312 e. The Morgan fingerprint density at radius 1 is 1.62 bits per heavy atom. The lowest BCUT2D eigenvalue weighted by atomic mass is 10.6. The quantitative estimate of drug-likeness (QED) is 0.502. The van der Waals surface area contributed by atoms with E-state index < -0.39 is 0 Å². The molecule has 44 valence electrons. The average Bonchev–Trinajstić information content (AvgIpc) is 1.98. The highest BCUT2D eigenvalue weighted by molar-refractivity contribution is 8.14. The van der Waals surface area contributed by atoms with Crippen LogP contribution >= 0.6 is 11.8 Å². The summed E-state index contributed by atoms with van der Waals surface area (Å²) in [5, 5.41) is 14.8. The molecule has 3 nitrogen and oxygen atoms in total. The molecule has 1 aliphatic rings. The molecular formula is C4H7N3S. The van der Waals surface area contributed by atoms with Crippen molar-refractivity contribution in [2.45, 2.75) is 0 Å². The Hall–Kier alpha value is -0.510. The van der Waals surface area contributed by atoms with E-state index in [9.17, 15) is 0 Å². The second-order valence-electron chi connectivity index (χ2n) is 1.60. The van der Waals surface area contributed by atoms with Crippen LogP contribution in [-0.2, 0) is 0 Å². The molecule has 4 heteroatoms. The summed E-state index contributed by atoms with van der Waals surface area (Å²) in [5.41, 5.74) is 0. The molecule has 1 saturated heterocycles. The Bertz CT molecular complexity index is 126. The average molecular weight is 129 g/mol. The molecule has 8 heavy (non-hydrogen) atoms. The molecule has 2 N–H and O–H groups in total. The van der Waals surface area contributed by atoms with E-state index in [0.717, 1.165) is 0 Å². The summed E-state index contributed by atoms with van der Waals surface area (Å²) >= 11 is 1.40. The van der Waals surface area contributed by atoms with Crippen molar-refractivity contribution in [1.29, 1.82) is 10.8 Å². The van der Waals surface area contributed by atoms with E-state index in [-0.39, 0.29) is 0 Å². The Kier molecular flexibility index (Phi) is 1.25. The summed E-state index contributed by atoms with van der Waals surface area (Å²) in [4.78, 5) is 1.57. The Morgan fingerprint density at radius 2 is 2.25 bits per heavy atom. The zero-order valence-electron chi connectivity index (χ0n) is 4.56. The summed E-state index contributed by atoms with van der Waals surface area (Å²) in [6.07, 6.45) is 0. The first-order valence-corrected chi connectivity index (χ1v) is 3.23. The fraction of sp³-hybridized carbons (Fsp3) is 0.500. The van der Waals surface area contributed by atoms with Crippen LogP contribution in [0, 0.1) is 10.8 Å². The van der Waals surface area contributed by atoms with E-state index >= 15 is 0 Å². The van der Waals surface area contributed by atoms with Gasteiger partial charge < -0.3 is 4.90 Å². The summed E-state index contributed by atoms with van der Waals surface area (Å²) in [5.74, 6) is 1.19. The van der Waals surface area contributed by atoms with Gasteiger partial charge in [0.25, 0.3) is 0 Å². The fourth-order valence-electron chi connectivity index (χ4n) is 0.453. The van der Waals surface area contributed by atoms with Gasteiger partial charge in [-0.05, 0) is 0 Å². The zero-order valence-corrected chi connectivity index (χ0v) is 5.38. The molecule has 0 bridgehead atoms. The van der Waals surface area contributed by atoms with Crippen molar-refractivity contribution < 1.29 is 0 Å². The highest BCUT2D eigenvalue weighted by atomic mass is 32.2. The minimum absolute atomic E-state index is 0.481. The molecule has 0 atom stereocenters. The second-order valence-corrected chi connectivity index (χ2v) is 2.56. The van der Waals surface area contributed by atoms with Crippen molar-refractivity contribution in [2.75, 3.05) is 12.8 Å². The first kappa shape index (κ1) is 5.62. The number of hydrogen-bond donors (Lipinski definition) is 2. The van der Waals surface area contributed by atoms with E-state index in [1.165, 1.54) is 11.8 Å². The van der Waals surface area contributed by atoms with E-state index in [1.807, 2.05) is 0 Å². The lowest BCUT2D eigenvalue weighted by Crippen LogP contribution is -2.22. The van der Waals surface area contributed by atoms with Gasteiger partial charge in [-0.2, -0.15) is 0 Å². The van der Waals surface area contributed by atoms with Crippen LogP contribution in [0.15, 0.2) is 0 Å². The third-order valence-electron chi connectivity index (χ3n) is 1.06. The van der Waals surface area contributed by atoms with Crippen LogP contribution in [0.3, 0.4) is 0 Å². The van der Waals surface area contributed by atoms with Gasteiger partial charge in [-0.15, -0.1) is 0 Å². The highest BCUT2D eigenvalue weighted by Crippen LogP contribution is 2.14. The first-order valence-electron chi connectivity index (χ1n) is 2.24. The van der Waals surface area contributed by atoms with Crippen molar-refractivity contribution in [3.05, 3.63) is 0 Å². The smallest absolute Gasteiger partial charge is 0.161 e. The normalized spacial score (nSPS) is 20.4. The number of amidine groups is 2. The van der Waals surface area contributed by atoms with E-state index in [4.69, 9.17) is 10.8 Å². The second kappa shape index (κ2) is 1.78. The lowest BCUT2D eigenvalue weighted by molar-refractivity contribution is 0.761. The van der Waals surface area contributed by atoms with E-state index in [1.54, 1.807) is 11.9 Å². The largest absolute Gasteiger partial charge is 0.312 e. The molecule has 0 spiro atoms. The Balaban J connectivity index is 2.70. The molecule has 0 aromatic heterocycles. The Labute approximate surface area is 52.1 Å². The standard InChI is InChI=1S/C4H7N3S/c1-7-3(5)2-8-4(7)6/h5-6H,2H2,1H3. The molecule has 0 saturated carbocycles. The molecule has 0 aromatic carbocycles. The summed E-state index contributed by atoms with van der Waals surface area (Å²) < 4.78 is 0. The van der Waals surface area contributed by atoms with Gasteiger partial charge in [0.05, 0.1) is 5.75 Å². The van der Waals surface area contributed by atoms with Gasteiger partial charge in [0.15, 0.2) is 5.17 Å². The predicted molar refractivity (Wildman–Crippen MR) is 35.7 cm³/mol. The topological polar surface area (TPSA) is 50.9 Å². The van der Waals surface area contributed by atoms with Gasteiger partial charge in [0, 0.05) is 7.05 Å². The van der Waals surface area contributed by atoms with Gasteiger partial charge in [-0.1, -0.05) is 11.8 Å². The van der Waals surface area contributed by atoms with Gasteiger partial charge in [0.2, 0.25) is 0 Å². The molecule has 1 heterocycles. The van der Waals surface area contributed by atoms with Crippen LogP contribution in [-0.4, -0.2) is 28.7 Å². The molecule has 0 radical (unpaired) electrons. The molecule has 1 fully saturated rings. The first-order chi connectivity index (χ1) is 3.72. The minimum atomic E-state index is 0.481. The van der Waals surface area contributed by atoms with Gasteiger partial charge >= 0.3 is 0 Å². The maximum atomic E-state index is 7.15. The van der Waals surface area contributed by atoms with Crippen LogP contribution in [0.4, 0.5) is 0 Å². The zero-order chi connectivity index (χ0) is 6.15. The van der Waals surface area contributed by atoms with Gasteiger partial charge in [-0.25, -0.2) is 0 Å². The summed E-state index contributed by atoms with van der Waals surface area (Å²) in [6.45, 7) is 0. The molecule has 0 unspecified atom stereocenters. The SMILES string of the molecule is CN1C(=N)CSC1=N. The molecule has 0 aliphatic carbocycles. The fourth-order valence-corrected chi connectivity index (χ4v) is 1.22. The molecule has 0 aromatic rings. The molecule has 1 rings (SSSR count). The molecule has 0 amide bonds. The van der Waals surface area contributed by atoms with Crippen molar-refractivity contribution in [1.82, 2.24) is 4.90 Å². The maximum Gasteiger partial charge on any atom is 0.161 e. The van der Waals surface area contributed by atoms with Crippen molar-refractivity contribution in [2.24, 2.45) is 0 Å². The molecular weight excluding hydrogens is 122 g/mol. The molecule has 1 aliphatic heterocycles. The van der Waals surface area contributed by atoms with Gasteiger partial charge in [0.1, 0.15) is 5.84 Å². The van der Waals surface area contributed by atoms with Crippen molar-refractivity contribution >= 4 is 22.8 Å². The Morgan fingerprint density at radius 3 is 2.38 bits per heavy atom. The summed E-state index contributed by atoms with van der Waals surface area (Å²) in [7, 11) is 1.74. The van der Waals surface area contributed by atoms with Crippen LogP contribution in [0.2, 0.25) is 0 Å². The van der Waals surface area contributed by atoms with Crippen LogP contribution in [0.1, 0.15) is 0 Å². The highest BCUT2D eigenvalue weighted by Gasteiger charge is 2.18. The monoisotopic (exact) mass is 129 g/mol. The predicted octanol–water partition coefficient (Wildman–Crippen LogP) is 0.577. The number of nitrogens with zero attached hydrogens (tertiary/aromatic N) is 1. The van der Waals surface area contributed by atoms with Crippen LogP contribution in [0.25, 0.3) is 0 Å². The van der Waals surface area contributed by atoms with E-state index in [0.29, 0.717) is 16.8 Å².